The molecular formula is C10H22ClNO. The summed E-state index contributed by atoms with van der Waals surface area (Å²) in [7, 11) is 1.81. The summed E-state index contributed by atoms with van der Waals surface area (Å²) in [6.07, 6.45) is 5.45. The molecule has 0 saturated heterocycles. The van der Waals surface area contributed by atoms with Crippen molar-refractivity contribution in [1.82, 2.24) is 5.32 Å². The van der Waals surface area contributed by atoms with Crippen molar-refractivity contribution in [3.63, 3.8) is 0 Å². The lowest BCUT2D eigenvalue weighted by atomic mass is 9.87. The molecule has 0 aromatic rings. The Hall–Kier alpha value is 0.210. The largest absolute Gasteiger partial charge is 0.384 e. The highest BCUT2D eigenvalue weighted by atomic mass is 35.5. The van der Waals surface area contributed by atoms with Gasteiger partial charge in [-0.1, -0.05) is 19.8 Å². The molecule has 1 N–H and O–H groups in total. The van der Waals surface area contributed by atoms with Gasteiger partial charge in [0.1, 0.15) is 0 Å². The van der Waals surface area contributed by atoms with E-state index in [1.807, 2.05) is 7.11 Å². The maximum Gasteiger partial charge on any atom is 0.0530 e. The van der Waals surface area contributed by atoms with Crippen molar-refractivity contribution >= 4 is 12.4 Å². The highest BCUT2D eigenvalue weighted by Crippen LogP contribution is 2.37. The van der Waals surface area contributed by atoms with Crippen molar-refractivity contribution in [2.75, 3.05) is 26.8 Å². The van der Waals surface area contributed by atoms with Gasteiger partial charge in [-0.05, 0) is 19.4 Å². The Labute approximate surface area is 87.8 Å². The Balaban J connectivity index is 0.00000144. The molecule has 13 heavy (non-hydrogen) atoms. The summed E-state index contributed by atoms with van der Waals surface area (Å²) in [5.74, 6) is 0. The van der Waals surface area contributed by atoms with Crippen LogP contribution >= 0.6 is 12.4 Å². The average molecular weight is 208 g/mol. The Morgan fingerprint density at radius 3 is 2.38 bits per heavy atom. The molecule has 3 heteroatoms. The van der Waals surface area contributed by atoms with Crippen molar-refractivity contribution in [2.45, 2.75) is 32.6 Å². The lowest BCUT2D eigenvalue weighted by Crippen LogP contribution is -2.35. The summed E-state index contributed by atoms with van der Waals surface area (Å²) in [5, 5.41) is 3.44. The monoisotopic (exact) mass is 207 g/mol. The molecule has 1 aliphatic rings. The predicted octanol–water partition coefficient (Wildman–Crippen LogP) is 2.22. The predicted molar refractivity (Wildman–Crippen MR) is 58.6 cm³/mol. The van der Waals surface area contributed by atoms with Crippen LogP contribution in [0.15, 0.2) is 0 Å². The van der Waals surface area contributed by atoms with Gasteiger partial charge in [0.05, 0.1) is 6.61 Å². The fourth-order valence-corrected chi connectivity index (χ4v) is 2.19. The highest BCUT2D eigenvalue weighted by molar-refractivity contribution is 5.85. The van der Waals surface area contributed by atoms with Gasteiger partial charge in [-0.2, -0.15) is 0 Å². The van der Waals surface area contributed by atoms with Gasteiger partial charge in [0.15, 0.2) is 0 Å². The van der Waals surface area contributed by atoms with Crippen LogP contribution < -0.4 is 5.32 Å². The van der Waals surface area contributed by atoms with Crippen LogP contribution in [0.5, 0.6) is 0 Å². The first-order valence-electron chi connectivity index (χ1n) is 5.03. The minimum absolute atomic E-state index is 0. The van der Waals surface area contributed by atoms with Gasteiger partial charge < -0.3 is 10.1 Å². The van der Waals surface area contributed by atoms with E-state index in [2.05, 4.69) is 12.2 Å². The zero-order valence-corrected chi connectivity index (χ0v) is 9.58. The fraction of sp³-hybridized carbons (Fsp3) is 1.00. The van der Waals surface area contributed by atoms with Crippen LogP contribution in [-0.4, -0.2) is 26.8 Å². The maximum absolute atomic E-state index is 5.29. The van der Waals surface area contributed by atoms with Gasteiger partial charge in [0.25, 0.3) is 0 Å². The molecule has 0 atom stereocenters. The molecule has 0 aliphatic heterocycles. The van der Waals surface area contributed by atoms with Crippen LogP contribution in [0.2, 0.25) is 0 Å². The van der Waals surface area contributed by atoms with Gasteiger partial charge >= 0.3 is 0 Å². The normalized spacial score (nSPS) is 19.8. The molecule has 2 nitrogen and oxygen atoms in total. The molecule has 1 rings (SSSR count). The third-order valence-electron chi connectivity index (χ3n) is 2.86. The number of nitrogens with one attached hydrogen (secondary N) is 1. The van der Waals surface area contributed by atoms with Crippen molar-refractivity contribution in [2.24, 2.45) is 5.41 Å². The standard InChI is InChI=1S/C10H21NO.ClH/c1-3-11-8-10(9-12-2)6-4-5-7-10;/h11H,3-9H2,1-2H3;1H. The summed E-state index contributed by atoms with van der Waals surface area (Å²) < 4.78 is 5.29. The molecule has 0 aromatic carbocycles. The Kier molecular flexibility index (Phi) is 6.74. The summed E-state index contributed by atoms with van der Waals surface area (Å²) in [6.45, 7) is 5.30. The number of hydrogen-bond acceptors (Lipinski definition) is 2. The van der Waals surface area contributed by atoms with E-state index >= 15 is 0 Å². The van der Waals surface area contributed by atoms with Crippen LogP contribution in [0.4, 0.5) is 0 Å². The Bertz CT molecular complexity index is 124. The molecule has 0 amide bonds. The molecule has 0 heterocycles. The first kappa shape index (κ1) is 13.2. The Morgan fingerprint density at radius 1 is 1.31 bits per heavy atom. The number of rotatable bonds is 5. The molecule has 0 unspecified atom stereocenters. The van der Waals surface area contributed by atoms with Gasteiger partial charge in [0.2, 0.25) is 0 Å². The molecule has 0 spiro atoms. The van der Waals surface area contributed by atoms with E-state index < -0.39 is 0 Å². The Morgan fingerprint density at radius 2 is 1.92 bits per heavy atom. The summed E-state index contributed by atoms with van der Waals surface area (Å²) in [4.78, 5) is 0. The van der Waals surface area contributed by atoms with Crippen LogP contribution in [0.1, 0.15) is 32.6 Å². The van der Waals surface area contributed by atoms with E-state index in [9.17, 15) is 0 Å². The van der Waals surface area contributed by atoms with E-state index in [4.69, 9.17) is 4.74 Å². The van der Waals surface area contributed by atoms with Crippen LogP contribution in [-0.2, 0) is 4.74 Å². The van der Waals surface area contributed by atoms with Gasteiger partial charge in [-0.15, -0.1) is 12.4 Å². The van der Waals surface area contributed by atoms with E-state index in [1.54, 1.807) is 0 Å². The van der Waals surface area contributed by atoms with Crippen molar-refractivity contribution in [1.29, 1.82) is 0 Å². The quantitative estimate of drug-likeness (QED) is 0.747. The third kappa shape index (κ3) is 3.84. The number of methoxy groups -OCH3 is 1. The first-order valence-corrected chi connectivity index (χ1v) is 5.03. The third-order valence-corrected chi connectivity index (χ3v) is 2.86. The molecule has 0 aromatic heterocycles. The average Bonchev–Trinajstić information content (AvgIpc) is 2.51. The highest BCUT2D eigenvalue weighted by Gasteiger charge is 2.33. The topological polar surface area (TPSA) is 21.3 Å². The van der Waals surface area contributed by atoms with Crippen LogP contribution in [0.3, 0.4) is 0 Å². The SMILES string of the molecule is CCNCC1(COC)CCCC1.Cl. The second-order valence-electron chi connectivity index (χ2n) is 3.92. The minimum atomic E-state index is 0. The number of halogens is 1. The van der Waals surface area contributed by atoms with Crippen molar-refractivity contribution in [3.05, 3.63) is 0 Å². The van der Waals surface area contributed by atoms with Crippen molar-refractivity contribution in [3.8, 4) is 0 Å². The summed E-state index contributed by atoms with van der Waals surface area (Å²) in [6, 6.07) is 0. The number of ether oxygens (including phenoxy) is 1. The lowest BCUT2D eigenvalue weighted by Gasteiger charge is -2.28. The molecular weight excluding hydrogens is 186 g/mol. The maximum atomic E-state index is 5.29. The van der Waals surface area contributed by atoms with Crippen LogP contribution in [0.25, 0.3) is 0 Å². The van der Waals surface area contributed by atoms with E-state index in [-0.39, 0.29) is 12.4 Å². The molecule has 1 fully saturated rings. The fourth-order valence-electron chi connectivity index (χ4n) is 2.19. The van der Waals surface area contributed by atoms with E-state index in [0.717, 1.165) is 19.7 Å². The van der Waals surface area contributed by atoms with Gasteiger partial charge in [0, 0.05) is 19.1 Å². The summed E-state index contributed by atoms with van der Waals surface area (Å²) in [5.41, 5.74) is 0.463. The molecule has 1 saturated carbocycles. The van der Waals surface area contributed by atoms with E-state index in [0.29, 0.717) is 5.41 Å². The zero-order valence-electron chi connectivity index (χ0n) is 8.77. The number of hydrogen-bond donors (Lipinski definition) is 1. The van der Waals surface area contributed by atoms with Crippen LogP contribution in [0, 0.1) is 5.41 Å². The summed E-state index contributed by atoms with van der Waals surface area (Å²) >= 11 is 0. The molecule has 0 radical (unpaired) electrons. The lowest BCUT2D eigenvalue weighted by molar-refractivity contribution is 0.0831. The molecule has 80 valence electrons. The van der Waals surface area contributed by atoms with E-state index in [1.165, 1.54) is 25.7 Å². The zero-order chi connectivity index (χ0) is 8.86. The van der Waals surface area contributed by atoms with Gasteiger partial charge in [-0.3, -0.25) is 0 Å². The van der Waals surface area contributed by atoms with Crippen molar-refractivity contribution < 1.29 is 4.74 Å². The van der Waals surface area contributed by atoms with Gasteiger partial charge in [-0.25, -0.2) is 0 Å². The second-order valence-corrected chi connectivity index (χ2v) is 3.92. The first-order chi connectivity index (χ1) is 5.83. The second kappa shape index (κ2) is 6.63. The minimum Gasteiger partial charge on any atom is -0.384 e. The molecule has 1 aliphatic carbocycles. The molecule has 0 bridgehead atoms. The smallest absolute Gasteiger partial charge is 0.0530 e.